The van der Waals surface area contributed by atoms with Gasteiger partial charge in [-0.3, -0.25) is 9.78 Å². The van der Waals surface area contributed by atoms with E-state index in [9.17, 15) is 18.7 Å². The second-order valence-corrected chi connectivity index (χ2v) is 6.53. The number of carbonyl (C=O) groups is 1. The molecule has 6 heteroatoms. The number of hydrogen-bond acceptors (Lipinski definition) is 3. The van der Waals surface area contributed by atoms with Gasteiger partial charge in [0.25, 0.3) is 5.91 Å². The summed E-state index contributed by atoms with van der Waals surface area (Å²) in [5.74, 6) is -5.32. The largest absolute Gasteiger partial charge is 0.383 e. The number of carbonyl (C=O) groups excluding carboxylic acids is 1. The number of amides is 1. The van der Waals surface area contributed by atoms with Gasteiger partial charge in [0.15, 0.2) is 0 Å². The van der Waals surface area contributed by atoms with Crippen molar-refractivity contribution in [2.24, 2.45) is 0 Å². The predicted molar refractivity (Wildman–Crippen MR) is 89.1 cm³/mol. The molecule has 2 aromatic rings. The Balaban J connectivity index is 1.92. The van der Waals surface area contributed by atoms with Crippen LogP contribution >= 0.6 is 0 Å². The first kappa shape index (κ1) is 17.5. The van der Waals surface area contributed by atoms with Crippen LogP contribution in [-0.4, -0.2) is 27.5 Å². The van der Waals surface area contributed by atoms with Crippen LogP contribution < -0.4 is 5.32 Å². The number of benzene rings is 1. The van der Waals surface area contributed by atoms with Gasteiger partial charge in [0, 0.05) is 6.20 Å². The molecule has 1 atom stereocenters. The lowest BCUT2D eigenvalue weighted by atomic mass is 9.75. The summed E-state index contributed by atoms with van der Waals surface area (Å²) in [7, 11) is 0. The first-order chi connectivity index (χ1) is 11.8. The van der Waals surface area contributed by atoms with Crippen molar-refractivity contribution in [2.75, 3.05) is 0 Å². The summed E-state index contributed by atoms with van der Waals surface area (Å²) in [6.07, 6.45) is 1.88. The van der Waals surface area contributed by atoms with E-state index in [1.165, 1.54) is 0 Å². The van der Waals surface area contributed by atoms with Crippen LogP contribution in [-0.2, 0) is 4.79 Å². The zero-order chi connectivity index (χ0) is 18.1. The molecule has 1 aliphatic carbocycles. The molecule has 0 radical (unpaired) electrons. The molecule has 1 amide bonds. The maximum atomic E-state index is 14.4. The molecule has 1 unspecified atom stereocenters. The molecule has 2 N–H and O–H groups in total. The summed E-state index contributed by atoms with van der Waals surface area (Å²) in [6.45, 7) is 1.88. The number of aryl methyl sites for hydroxylation is 1. The van der Waals surface area contributed by atoms with E-state index in [0.717, 1.165) is 5.56 Å². The number of alkyl halides is 2. The molecular weight excluding hydrogens is 326 g/mol. The molecule has 132 valence electrons. The molecule has 1 fully saturated rings. The van der Waals surface area contributed by atoms with Crippen LogP contribution in [0.5, 0.6) is 0 Å². The van der Waals surface area contributed by atoms with E-state index in [0.29, 0.717) is 17.7 Å². The minimum Gasteiger partial charge on any atom is -0.383 e. The lowest BCUT2D eigenvalue weighted by molar-refractivity contribution is -0.216. The van der Waals surface area contributed by atoms with Gasteiger partial charge in [-0.25, -0.2) is 0 Å². The number of hydrogen-bond donors (Lipinski definition) is 2. The van der Waals surface area contributed by atoms with Gasteiger partial charge in [-0.05, 0) is 43.9 Å². The fourth-order valence-corrected chi connectivity index (χ4v) is 2.98. The number of aliphatic hydroxyl groups is 1. The van der Waals surface area contributed by atoms with Crippen LogP contribution in [0.2, 0.25) is 0 Å². The summed E-state index contributed by atoms with van der Waals surface area (Å²) in [5.41, 5.74) is -0.198. The van der Waals surface area contributed by atoms with Crippen LogP contribution in [0, 0.1) is 6.92 Å². The van der Waals surface area contributed by atoms with E-state index >= 15 is 0 Å². The first-order valence-electron chi connectivity index (χ1n) is 8.22. The third-order valence-electron chi connectivity index (χ3n) is 4.68. The fraction of sp³-hybridized carbons (Fsp3) is 0.368. The highest BCUT2D eigenvalue weighted by atomic mass is 19.3. The third-order valence-corrected chi connectivity index (χ3v) is 4.68. The van der Waals surface area contributed by atoms with Crippen LogP contribution in [0.15, 0.2) is 48.7 Å². The zero-order valence-electron chi connectivity index (χ0n) is 13.9. The van der Waals surface area contributed by atoms with Crippen molar-refractivity contribution in [2.45, 2.75) is 43.8 Å². The van der Waals surface area contributed by atoms with Gasteiger partial charge < -0.3 is 10.4 Å². The van der Waals surface area contributed by atoms with E-state index in [-0.39, 0.29) is 12.8 Å². The zero-order valence-corrected chi connectivity index (χ0v) is 13.9. The molecule has 1 heterocycles. The Morgan fingerprint density at radius 2 is 2.04 bits per heavy atom. The Morgan fingerprint density at radius 3 is 2.60 bits per heavy atom. The van der Waals surface area contributed by atoms with E-state index < -0.39 is 23.5 Å². The lowest BCUT2D eigenvalue weighted by Gasteiger charge is -2.41. The Morgan fingerprint density at radius 1 is 1.28 bits per heavy atom. The molecule has 0 bridgehead atoms. The molecule has 1 aromatic heterocycles. The van der Waals surface area contributed by atoms with Crippen LogP contribution in [0.25, 0.3) is 0 Å². The number of aromatic nitrogens is 1. The highest BCUT2D eigenvalue weighted by molar-refractivity contribution is 5.85. The maximum Gasteiger partial charge on any atom is 0.352 e. The van der Waals surface area contributed by atoms with Crippen molar-refractivity contribution >= 4 is 5.91 Å². The average Bonchev–Trinajstić information content (AvgIpc) is 2.57. The second-order valence-electron chi connectivity index (χ2n) is 6.53. The topological polar surface area (TPSA) is 62.2 Å². The lowest BCUT2D eigenvalue weighted by Crippen LogP contribution is -2.61. The van der Waals surface area contributed by atoms with Crippen molar-refractivity contribution in [1.82, 2.24) is 10.3 Å². The molecule has 0 spiro atoms. The molecule has 25 heavy (non-hydrogen) atoms. The number of rotatable bonds is 5. The van der Waals surface area contributed by atoms with Crippen LogP contribution in [0.3, 0.4) is 0 Å². The van der Waals surface area contributed by atoms with Gasteiger partial charge >= 0.3 is 5.92 Å². The highest BCUT2D eigenvalue weighted by Gasteiger charge is 2.61. The van der Waals surface area contributed by atoms with Crippen molar-refractivity contribution in [3.05, 3.63) is 65.5 Å². The minimum absolute atomic E-state index is 0.0773. The number of pyridine rings is 1. The van der Waals surface area contributed by atoms with Crippen molar-refractivity contribution < 1.29 is 18.7 Å². The molecule has 0 saturated heterocycles. The van der Waals surface area contributed by atoms with E-state index in [2.05, 4.69) is 10.3 Å². The molecule has 1 saturated carbocycles. The highest BCUT2D eigenvalue weighted by Crippen LogP contribution is 2.44. The standard InChI is InChI=1S/C19H20F2N2O2/c1-13-6-4-7-14(12-13)16(15-8-2-3-11-22-15)23-17(24)19(20,21)18(25)9-5-10-18/h2-4,6-8,11-12,16,25H,5,9-10H2,1H3,(H,23,24). The Kier molecular flexibility index (Phi) is 4.56. The van der Waals surface area contributed by atoms with Gasteiger partial charge in [-0.1, -0.05) is 35.9 Å². The fourth-order valence-electron chi connectivity index (χ4n) is 2.98. The van der Waals surface area contributed by atoms with E-state index in [1.54, 1.807) is 36.5 Å². The minimum atomic E-state index is -3.85. The SMILES string of the molecule is Cc1cccc(C(NC(=O)C(F)(F)C2(O)CCC2)c2ccccn2)c1. The number of halogens is 2. The summed E-state index contributed by atoms with van der Waals surface area (Å²) in [4.78, 5) is 16.5. The monoisotopic (exact) mass is 346 g/mol. The predicted octanol–water partition coefficient (Wildman–Crippen LogP) is 3.15. The van der Waals surface area contributed by atoms with E-state index in [4.69, 9.17) is 0 Å². The quantitative estimate of drug-likeness (QED) is 0.874. The van der Waals surface area contributed by atoms with Gasteiger partial charge in [0.05, 0.1) is 11.7 Å². The third kappa shape index (κ3) is 3.26. The summed E-state index contributed by atoms with van der Waals surface area (Å²) < 4.78 is 28.9. The maximum absolute atomic E-state index is 14.4. The smallest absolute Gasteiger partial charge is 0.352 e. The summed E-state index contributed by atoms with van der Waals surface area (Å²) >= 11 is 0. The van der Waals surface area contributed by atoms with Crippen molar-refractivity contribution in [3.63, 3.8) is 0 Å². The van der Waals surface area contributed by atoms with Crippen molar-refractivity contribution in [3.8, 4) is 0 Å². The van der Waals surface area contributed by atoms with Gasteiger partial charge in [-0.15, -0.1) is 0 Å². The second kappa shape index (κ2) is 6.52. The van der Waals surface area contributed by atoms with Gasteiger partial charge in [0.1, 0.15) is 5.60 Å². The number of nitrogens with one attached hydrogen (secondary N) is 1. The molecule has 1 aliphatic rings. The Labute approximate surface area is 144 Å². The van der Waals surface area contributed by atoms with E-state index in [1.807, 2.05) is 19.1 Å². The van der Waals surface area contributed by atoms with Crippen molar-refractivity contribution in [1.29, 1.82) is 0 Å². The molecule has 0 aliphatic heterocycles. The van der Waals surface area contributed by atoms with Gasteiger partial charge in [-0.2, -0.15) is 8.78 Å². The molecular formula is C19H20F2N2O2. The Bertz CT molecular complexity index is 761. The van der Waals surface area contributed by atoms with Gasteiger partial charge in [0.2, 0.25) is 0 Å². The summed E-state index contributed by atoms with van der Waals surface area (Å²) in [6, 6.07) is 11.5. The first-order valence-corrected chi connectivity index (χ1v) is 8.22. The normalized spacial score (nSPS) is 17.4. The average molecular weight is 346 g/mol. The number of nitrogens with zero attached hydrogens (tertiary/aromatic N) is 1. The molecule has 4 nitrogen and oxygen atoms in total. The molecule has 3 rings (SSSR count). The van der Waals surface area contributed by atoms with Crippen LogP contribution in [0.4, 0.5) is 8.78 Å². The van der Waals surface area contributed by atoms with Crippen LogP contribution in [0.1, 0.15) is 42.1 Å². The molecule has 1 aromatic carbocycles. The summed E-state index contributed by atoms with van der Waals surface area (Å²) in [5, 5.41) is 12.4. The Hall–Kier alpha value is -2.34.